The first kappa shape index (κ1) is 19.2. The third-order valence-corrected chi connectivity index (χ3v) is 7.39. The molecule has 1 aliphatic heterocycles. The Labute approximate surface area is 166 Å². The van der Waals surface area contributed by atoms with Gasteiger partial charge >= 0.3 is 0 Å². The fourth-order valence-corrected chi connectivity index (χ4v) is 5.24. The van der Waals surface area contributed by atoms with Gasteiger partial charge in [0.1, 0.15) is 17.8 Å². The molecule has 7 heteroatoms. The number of likely N-dealkylation sites (tertiary alicyclic amines) is 1. The maximum atomic E-state index is 12.9. The summed E-state index contributed by atoms with van der Waals surface area (Å²) in [4.78, 5) is 29.2. The van der Waals surface area contributed by atoms with Crippen LogP contribution in [0.2, 0.25) is 0 Å². The minimum Gasteiger partial charge on any atom is -0.395 e. The Balaban J connectivity index is 1.56. The van der Waals surface area contributed by atoms with Crippen molar-refractivity contribution in [2.24, 2.45) is 16.2 Å². The standard InChI is InChI=1S/C21H31N5O2/c1-19(2,12-27)18(28)26-10-20(3)8-14(9-21(20,4)11-26)25(5)17-15-6-7-22-16(15)23-13-24-17/h6-7,13-14,27H,8-12H2,1-5H3,(H,22,23,24)/t14?,20-,21+. The monoisotopic (exact) mass is 385 g/mol. The van der Waals surface area contributed by atoms with E-state index in [0.717, 1.165) is 42.8 Å². The summed E-state index contributed by atoms with van der Waals surface area (Å²) in [5.74, 6) is 1.01. The van der Waals surface area contributed by atoms with E-state index in [1.54, 1.807) is 6.33 Å². The molecule has 152 valence electrons. The summed E-state index contributed by atoms with van der Waals surface area (Å²) < 4.78 is 0. The summed E-state index contributed by atoms with van der Waals surface area (Å²) in [7, 11) is 2.12. The van der Waals surface area contributed by atoms with Gasteiger partial charge in [-0.25, -0.2) is 9.97 Å². The topological polar surface area (TPSA) is 85.4 Å². The molecule has 1 saturated carbocycles. The molecule has 0 spiro atoms. The molecule has 2 aliphatic rings. The molecule has 4 rings (SSSR count). The van der Waals surface area contributed by atoms with Gasteiger partial charge in [0.2, 0.25) is 5.91 Å². The number of nitrogens with one attached hydrogen (secondary N) is 1. The highest BCUT2D eigenvalue weighted by Gasteiger charge is 2.60. The molecule has 0 radical (unpaired) electrons. The average molecular weight is 386 g/mol. The largest absolute Gasteiger partial charge is 0.395 e. The Morgan fingerprint density at radius 1 is 1.32 bits per heavy atom. The van der Waals surface area contributed by atoms with Gasteiger partial charge in [-0.2, -0.15) is 0 Å². The van der Waals surface area contributed by atoms with Crippen molar-refractivity contribution >= 4 is 22.8 Å². The summed E-state index contributed by atoms with van der Waals surface area (Å²) in [5.41, 5.74) is 0.243. The normalized spacial score (nSPS) is 30.1. The van der Waals surface area contributed by atoms with Gasteiger partial charge in [0, 0.05) is 32.4 Å². The van der Waals surface area contributed by atoms with Crippen LogP contribution in [0, 0.1) is 16.2 Å². The van der Waals surface area contributed by atoms with Crippen molar-refractivity contribution in [3.05, 3.63) is 18.6 Å². The number of H-pyrrole nitrogens is 1. The summed E-state index contributed by atoms with van der Waals surface area (Å²) in [6.07, 6.45) is 5.54. The number of aliphatic hydroxyl groups is 1. The third-order valence-electron chi connectivity index (χ3n) is 7.39. The number of amides is 1. The summed E-state index contributed by atoms with van der Waals surface area (Å²) in [6, 6.07) is 2.39. The van der Waals surface area contributed by atoms with Gasteiger partial charge in [0.25, 0.3) is 0 Å². The molecule has 1 unspecified atom stereocenters. The van der Waals surface area contributed by atoms with Crippen molar-refractivity contribution in [1.29, 1.82) is 0 Å². The van der Waals surface area contributed by atoms with Gasteiger partial charge in [-0.05, 0) is 43.6 Å². The number of rotatable bonds is 4. The second kappa shape index (κ2) is 6.17. The first-order chi connectivity index (χ1) is 13.1. The van der Waals surface area contributed by atoms with Gasteiger partial charge in [-0.1, -0.05) is 13.8 Å². The van der Waals surface area contributed by atoms with E-state index in [-0.39, 0.29) is 23.3 Å². The van der Waals surface area contributed by atoms with Gasteiger partial charge in [0.15, 0.2) is 0 Å². The van der Waals surface area contributed by atoms with Crippen LogP contribution in [0.15, 0.2) is 18.6 Å². The number of carbonyl (C=O) groups excluding carboxylic acids is 1. The number of aliphatic hydroxyl groups excluding tert-OH is 1. The van der Waals surface area contributed by atoms with Gasteiger partial charge in [0.05, 0.1) is 17.4 Å². The predicted molar refractivity (Wildman–Crippen MR) is 109 cm³/mol. The summed E-state index contributed by atoms with van der Waals surface area (Å²) >= 11 is 0. The van der Waals surface area contributed by atoms with Crippen LogP contribution in [0.3, 0.4) is 0 Å². The number of hydrogen-bond acceptors (Lipinski definition) is 5. The average Bonchev–Trinajstić information content (AvgIpc) is 3.29. The van der Waals surface area contributed by atoms with Crippen LogP contribution in [0.1, 0.15) is 40.5 Å². The fraction of sp³-hybridized carbons (Fsp3) is 0.667. The number of hydrogen-bond donors (Lipinski definition) is 2. The molecule has 3 atom stereocenters. The molecular weight excluding hydrogens is 354 g/mol. The lowest BCUT2D eigenvalue weighted by molar-refractivity contribution is -0.142. The highest BCUT2D eigenvalue weighted by molar-refractivity contribution is 5.87. The van der Waals surface area contributed by atoms with Crippen molar-refractivity contribution in [2.75, 3.05) is 31.6 Å². The molecule has 2 N–H and O–H groups in total. The van der Waals surface area contributed by atoms with E-state index in [2.05, 4.69) is 40.7 Å². The number of fused-ring (bicyclic) bond motifs is 2. The van der Waals surface area contributed by atoms with Gasteiger partial charge in [-0.3, -0.25) is 4.79 Å². The number of aromatic nitrogens is 3. The van der Waals surface area contributed by atoms with Crippen LogP contribution in [-0.2, 0) is 4.79 Å². The molecule has 2 aromatic rings. The van der Waals surface area contributed by atoms with E-state index in [1.807, 2.05) is 31.0 Å². The Morgan fingerprint density at radius 3 is 2.57 bits per heavy atom. The SMILES string of the molecule is CN(c1ncnc2[nH]ccc12)C1C[C@@]2(C)CN(C(=O)C(C)(C)CO)C[C@@]2(C)C1. The smallest absolute Gasteiger partial charge is 0.230 e. The first-order valence-corrected chi connectivity index (χ1v) is 10.0. The minimum atomic E-state index is -0.720. The summed E-state index contributed by atoms with van der Waals surface area (Å²) in [5, 5.41) is 10.6. The van der Waals surface area contributed by atoms with Crippen molar-refractivity contribution in [3.8, 4) is 0 Å². The van der Waals surface area contributed by atoms with E-state index in [4.69, 9.17) is 0 Å². The quantitative estimate of drug-likeness (QED) is 0.844. The molecule has 1 saturated heterocycles. The lowest BCUT2D eigenvalue weighted by Gasteiger charge is -2.32. The Morgan fingerprint density at radius 2 is 1.96 bits per heavy atom. The van der Waals surface area contributed by atoms with Crippen LogP contribution in [0.25, 0.3) is 11.0 Å². The van der Waals surface area contributed by atoms with Crippen LogP contribution in [0.4, 0.5) is 5.82 Å². The molecule has 1 aliphatic carbocycles. The van der Waals surface area contributed by atoms with E-state index < -0.39 is 5.41 Å². The van der Waals surface area contributed by atoms with Gasteiger partial charge in [-0.15, -0.1) is 0 Å². The molecule has 28 heavy (non-hydrogen) atoms. The van der Waals surface area contributed by atoms with Crippen molar-refractivity contribution in [1.82, 2.24) is 19.9 Å². The number of aromatic amines is 1. The third kappa shape index (κ3) is 2.70. The lowest BCUT2D eigenvalue weighted by atomic mass is 9.71. The predicted octanol–water partition coefficient (Wildman–Crippen LogP) is 2.43. The molecule has 3 heterocycles. The van der Waals surface area contributed by atoms with Crippen molar-refractivity contribution < 1.29 is 9.90 Å². The van der Waals surface area contributed by atoms with Gasteiger partial charge < -0.3 is 19.9 Å². The molecule has 0 bridgehead atoms. The van der Waals surface area contributed by atoms with Crippen LogP contribution < -0.4 is 4.90 Å². The maximum absolute atomic E-state index is 12.9. The molecule has 7 nitrogen and oxygen atoms in total. The Bertz CT molecular complexity index is 889. The van der Waals surface area contributed by atoms with Crippen LogP contribution >= 0.6 is 0 Å². The first-order valence-electron chi connectivity index (χ1n) is 10.0. The molecule has 2 aromatic heterocycles. The Hall–Kier alpha value is -2.15. The minimum absolute atomic E-state index is 0.0530. The number of anilines is 1. The highest BCUT2D eigenvalue weighted by Crippen LogP contribution is 2.58. The fourth-order valence-electron chi connectivity index (χ4n) is 5.24. The number of nitrogens with zero attached hydrogens (tertiary/aromatic N) is 4. The highest BCUT2D eigenvalue weighted by atomic mass is 16.3. The molecule has 0 aromatic carbocycles. The van der Waals surface area contributed by atoms with E-state index in [1.165, 1.54) is 0 Å². The van der Waals surface area contributed by atoms with Crippen LogP contribution in [-0.4, -0.2) is 63.7 Å². The molecule has 2 fully saturated rings. The van der Waals surface area contributed by atoms with Crippen LogP contribution in [0.5, 0.6) is 0 Å². The van der Waals surface area contributed by atoms with Crippen molar-refractivity contribution in [2.45, 2.75) is 46.6 Å². The second-order valence-electron chi connectivity index (χ2n) is 9.93. The van der Waals surface area contributed by atoms with E-state index >= 15 is 0 Å². The number of carbonyl (C=O) groups is 1. The zero-order chi connectivity index (χ0) is 20.3. The van der Waals surface area contributed by atoms with Crippen molar-refractivity contribution in [3.63, 3.8) is 0 Å². The zero-order valence-corrected chi connectivity index (χ0v) is 17.5. The lowest BCUT2D eigenvalue weighted by Crippen LogP contribution is -2.43. The Kier molecular flexibility index (Phi) is 4.23. The summed E-state index contributed by atoms with van der Waals surface area (Å²) in [6.45, 7) is 9.64. The van der Waals surface area contributed by atoms with E-state index in [0.29, 0.717) is 6.04 Å². The maximum Gasteiger partial charge on any atom is 0.230 e. The molecular formula is C21H31N5O2. The second-order valence-corrected chi connectivity index (χ2v) is 9.93. The van der Waals surface area contributed by atoms with E-state index in [9.17, 15) is 9.90 Å². The molecule has 1 amide bonds. The zero-order valence-electron chi connectivity index (χ0n) is 17.5.